The zero-order valence-corrected chi connectivity index (χ0v) is 13.5. The predicted octanol–water partition coefficient (Wildman–Crippen LogP) is 1.84. The van der Waals surface area contributed by atoms with E-state index in [1.807, 2.05) is 47.8 Å². The molecule has 0 aliphatic carbocycles. The number of hydrogen-bond acceptors (Lipinski definition) is 2. The lowest BCUT2D eigenvalue weighted by Gasteiger charge is -2.14. The molecule has 112 valence electrons. The van der Waals surface area contributed by atoms with E-state index < -0.39 is 0 Å². The summed E-state index contributed by atoms with van der Waals surface area (Å²) >= 11 is 3.35. The minimum absolute atomic E-state index is 0.136. The van der Waals surface area contributed by atoms with Gasteiger partial charge in [0, 0.05) is 10.0 Å². The third kappa shape index (κ3) is 3.10. The van der Waals surface area contributed by atoms with Crippen molar-refractivity contribution in [1.29, 1.82) is 0 Å². The number of carbonyl (C=O) groups is 2. The molecule has 22 heavy (non-hydrogen) atoms. The number of hydrogen-bond donors (Lipinski definition) is 1. The Morgan fingerprint density at radius 3 is 2.41 bits per heavy atom. The van der Waals surface area contributed by atoms with Crippen LogP contribution in [0.4, 0.5) is 5.69 Å². The van der Waals surface area contributed by atoms with E-state index >= 15 is 0 Å². The summed E-state index contributed by atoms with van der Waals surface area (Å²) in [6.07, 6.45) is 0.252. The molecule has 5 heteroatoms. The van der Waals surface area contributed by atoms with E-state index in [4.69, 9.17) is 0 Å². The SMILES string of the molecule is O=C1C[C@@H]([NH2+]Cc2ccccc2)C(=O)N1c1ccc(Br)cc1. The number of nitrogens with zero attached hydrogens (tertiary/aromatic N) is 1. The minimum Gasteiger partial charge on any atom is -0.332 e. The van der Waals surface area contributed by atoms with Gasteiger partial charge in [-0.25, -0.2) is 4.90 Å². The third-order valence-corrected chi connectivity index (χ3v) is 4.28. The van der Waals surface area contributed by atoms with Gasteiger partial charge in [0.1, 0.15) is 6.54 Å². The molecule has 0 aromatic heterocycles. The van der Waals surface area contributed by atoms with Crippen LogP contribution in [0.2, 0.25) is 0 Å². The first-order chi connectivity index (χ1) is 10.6. The lowest BCUT2D eigenvalue weighted by Crippen LogP contribution is -2.90. The average molecular weight is 360 g/mol. The maximum Gasteiger partial charge on any atom is 0.292 e. The van der Waals surface area contributed by atoms with Crippen molar-refractivity contribution in [2.75, 3.05) is 4.90 Å². The Labute approximate surface area is 137 Å². The molecule has 1 atom stereocenters. The lowest BCUT2D eigenvalue weighted by atomic mass is 10.2. The van der Waals surface area contributed by atoms with Crippen LogP contribution in [0.25, 0.3) is 0 Å². The Hall–Kier alpha value is -1.98. The molecule has 1 fully saturated rings. The predicted molar refractivity (Wildman–Crippen MR) is 87.1 cm³/mol. The smallest absolute Gasteiger partial charge is 0.292 e. The van der Waals surface area contributed by atoms with Crippen molar-refractivity contribution in [3.63, 3.8) is 0 Å². The highest BCUT2D eigenvalue weighted by Crippen LogP contribution is 2.23. The maximum absolute atomic E-state index is 12.5. The van der Waals surface area contributed by atoms with Gasteiger partial charge in [0.15, 0.2) is 6.04 Å². The topological polar surface area (TPSA) is 54.0 Å². The van der Waals surface area contributed by atoms with Crippen molar-refractivity contribution in [3.8, 4) is 0 Å². The van der Waals surface area contributed by atoms with Gasteiger partial charge in [0.2, 0.25) is 5.91 Å². The molecule has 1 aliphatic rings. The molecule has 0 saturated carbocycles. The number of amides is 2. The van der Waals surface area contributed by atoms with E-state index in [0.717, 1.165) is 10.0 Å². The molecule has 1 saturated heterocycles. The second-order valence-corrected chi connectivity index (χ2v) is 6.20. The zero-order chi connectivity index (χ0) is 15.5. The van der Waals surface area contributed by atoms with Gasteiger partial charge in [0.25, 0.3) is 5.91 Å². The summed E-state index contributed by atoms with van der Waals surface area (Å²) in [5, 5.41) is 1.94. The van der Waals surface area contributed by atoms with Crippen LogP contribution in [0.5, 0.6) is 0 Å². The first-order valence-corrected chi connectivity index (χ1v) is 7.94. The van der Waals surface area contributed by atoms with Crippen LogP contribution in [0.1, 0.15) is 12.0 Å². The molecule has 2 N–H and O–H groups in total. The summed E-state index contributed by atoms with van der Waals surface area (Å²) in [6.45, 7) is 0.693. The summed E-state index contributed by atoms with van der Waals surface area (Å²) in [5.74, 6) is -0.273. The van der Waals surface area contributed by atoms with E-state index in [2.05, 4.69) is 15.9 Å². The van der Waals surface area contributed by atoms with Crippen LogP contribution in [0, 0.1) is 0 Å². The Morgan fingerprint density at radius 2 is 1.73 bits per heavy atom. The van der Waals surface area contributed by atoms with Gasteiger partial charge in [0.05, 0.1) is 12.1 Å². The summed E-state index contributed by atoms with van der Waals surface area (Å²) in [7, 11) is 0. The highest BCUT2D eigenvalue weighted by molar-refractivity contribution is 9.10. The fourth-order valence-electron chi connectivity index (χ4n) is 2.59. The first kappa shape index (κ1) is 14.9. The summed E-state index contributed by atoms with van der Waals surface area (Å²) < 4.78 is 0.919. The van der Waals surface area contributed by atoms with Gasteiger partial charge in [-0.1, -0.05) is 46.3 Å². The number of benzene rings is 2. The van der Waals surface area contributed by atoms with Crippen molar-refractivity contribution in [1.82, 2.24) is 0 Å². The molecule has 2 aromatic carbocycles. The molecule has 0 radical (unpaired) electrons. The Morgan fingerprint density at radius 1 is 1.05 bits per heavy atom. The van der Waals surface area contributed by atoms with Gasteiger partial charge >= 0.3 is 0 Å². The fourth-order valence-corrected chi connectivity index (χ4v) is 2.86. The average Bonchev–Trinajstić information content (AvgIpc) is 2.82. The molecular weight excluding hydrogens is 344 g/mol. The van der Waals surface area contributed by atoms with Crippen LogP contribution < -0.4 is 10.2 Å². The van der Waals surface area contributed by atoms with Crippen LogP contribution in [0.3, 0.4) is 0 Å². The van der Waals surface area contributed by atoms with E-state index in [1.54, 1.807) is 12.1 Å². The quantitative estimate of drug-likeness (QED) is 0.847. The van der Waals surface area contributed by atoms with Crippen molar-refractivity contribution in [3.05, 3.63) is 64.6 Å². The van der Waals surface area contributed by atoms with Gasteiger partial charge in [-0.3, -0.25) is 9.59 Å². The van der Waals surface area contributed by atoms with Gasteiger partial charge < -0.3 is 5.32 Å². The molecule has 0 spiro atoms. The number of anilines is 1. The van der Waals surface area contributed by atoms with Crippen LogP contribution in [0.15, 0.2) is 59.1 Å². The molecular formula is C17H16BrN2O2+. The van der Waals surface area contributed by atoms with Gasteiger partial charge in [-0.15, -0.1) is 0 Å². The van der Waals surface area contributed by atoms with Crippen LogP contribution in [-0.4, -0.2) is 17.9 Å². The molecule has 2 aromatic rings. The molecule has 0 unspecified atom stereocenters. The van der Waals surface area contributed by atoms with E-state index in [0.29, 0.717) is 12.2 Å². The second-order valence-electron chi connectivity index (χ2n) is 5.28. The third-order valence-electron chi connectivity index (χ3n) is 3.75. The minimum atomic E-state index is -0.337. The number of nitrogens with two attached hydrogens (primary N) is 1. The molecule has 1 heterocycles. The fraction of sp³-hybridized carbons (Fsp3) is 0.176. The largest absolute Gasteiger partial charge is 0.332 e. The number of halogens is 1. The molecule has 2 amide bonds. The number of carbonyl (C=O) groups excluding carboxylic acids is 2. The van der Waals surface area contributed by atoms with E-state index in [1.165, 1.54) is 4.90 Å². The standard InChI is InChI=1S/C17H15BrN2O2/c18-13-6-8-14(9-7-13)20-16(21)10-15(17(20)22)19-11-12-4-2-1-3-5-12/h1-9,15,19H,10-11H2/p+1/t15-/m1/s1. The maximum atomic E-state index is 12.5. The molecule has 0 bridgehead atoms. The lowest BCUT2D eigenvalue weighted by molar-refractivity contribution is -0.690. The van der Waals surface area contributed by atoms with Crippen molar-refractivity contribution in [2.45, 2.75) is 19.0 Å². The van der Waals surface area contributed by atoms with Crippen molar-refractivity contribution < 1.29 is 14.9 Å². The van der Waals surface area contributed by atoms with Crippen LogP contribution in [-0.2, 0) is 16.1 Å². The highest BCUT2D eigenvalue weighted by Gasteiger charge is 2.42. The zero-order valence-electron chi connectivity index (χ0n) is 11.9. The van der Waals surface area contributed by atoms with E-state index in [9.17, 15) is 9.59 Å². The number of rotatable bonds is 4. The first-order valence-electron chi connectivity index (χ1n) is 7.15. The monoisotopic (exact) mass is 359 g/mol. The molecule has 4 nitrogen and oxygen atoms in total. The summed E-state index contributed by atoms with van der Waals surface area (Å²) in [4.78, 5) is 25.9. The Bertz CT molecular complexity index is 686. The normalized spacial score (nSPS) is 18.0. The van der Waals surface area contributed by atoms with Gasteiger partial charge in [-0.2, -0.15) is 0 Å². The van der Waals surface area contributed by atoms with Crippen molar-refractivity contribution in [2.24, 2.45) is 0 Å². The highest BCUT2D eigenvalue weighted by atomic mass is 79.9. The number of imide groups is 1. The summed E-state index contributed by atoms with van der Waals surface area (Å²) in [5.41, 5.74) is 1.78. The molecule has 1 aliphatic heterocycles. The summed E-state index contributed by atoms with van der Waals surface area (Å²) in [6, 6.07) is 16.8. The van der Waals surface area contributed by atoms with Gasteiger partial charge in [-0.05, 0) is 24.3 Å². The van der Waals surface area contributed by atoms with Crippen molar-refractivity contribution >= 4 is 33.4 Å². The number of quaternary nitrogens is 1. The van der Waals surface area contributed by atoms with Crippen LogP contribution >= 0.6 is 15.9 Å². The Balaban J connectivity index is 1.70. The van der Waals surface area contributed by atoms with E-state index in [-0.39, 0.29) is 24.3 Å². The second kappa shape index (κ2) is 6.42. The Kier molecular flexibility index (Phi) is 4.36. The molecule has 3 rings (SSSR count).